The first kappa shape index (κ1) is 15.8. The summed E-state index contributed by atoms with van der Waals surface area (Å²) < 4.78 is 0. The highest BCUT2D eigenvalue weighted by atomic mass is 15.2. The lowest BCUT2D eigenvalue weighted by atomic mass is 10.0. The zero-order valence-corrected chi connectivity index (χ0v) is 13.1. The first-order chi connectivity index (χ1) is 9.11. The molecule has 2 heteroatoms. The van der Waals surface area contributed by atoms with E-state index in [2.05, 4.69) is 48.8 Å². The van der Waals surface area contributed by atoms with Gasteiger partial charge in [0.2, 0.25) is 0 Å². The third kappa shape index (κ3) is 3.84. The number of hydrogen-bond donors (Lipinski definition) is 1. The smallest absolute Gasteiger partial charge is 0.0370 e. The second kappa shape index (κ2) is 7.34. The van der Waals surface area contributed by atoms with Crippen LogP contribution in [-0.4, -0.2) is 31.1 Å². The summed E-state index contributed by atoms with van der Waals surface area (Å²) in [5.74, 6) is 0. The standard InChI is InChI=1S/C15H22N2.C2H6/c1-11-5-6-15(12(2)9-11)13(3)17-8-7-14(10-17)16-4;1-2/h5-6,9,14,16H,3,7-8,10H2,1-2,4H3;1-2H3. The van der Waals surface area contributed by atoms with Crippen LogP contribution < -0.4 is 5.32 Å². The normalized spacial score (nSPS) is 17.9. The van der Waals surface area contributed by atoms with Crippen LogP contribution in [0.25, 0.3) is 5.70 Å². The Kier molecular flexibility index (Phi) is 6.10. The quantitative estimate of drug-likeness (QED) is 0.893. The summed E-state index contributed by atoms with van der Waals surface area (Å²) >= 11 is 0. The molecule has 1 saturated heterocycles. The van der Waals surface area contributed by atoms with Gasteiger partial charge in [-0.1, -0.05) is 44.2 Å². The predicted octanol–water partition coefficient (Wildman–Crippen LogP) is 3.59. The number of likely N-dealkylation sites (N-methyl/N-ethyl adjacent to an activating group) is 1. The summed E-state index contributed by atoms with van der Waals surface area (Å²) in [6, 6.07) is 7.20. The minimum atomic E-state index is 0.609. The lowest BCUT2D eigenvalue weighted by Gasteiger charge is -2.23. The molecule has 106 valence electrons. The molecule has 1 aliphatic rings. The van der Waals surface area contributed by atoms with Crippen molar-refractivity contribution in [2.75, 3.05) is 20.1 Å². The molecule has 0 amide bonds. The number of hydrogen-bond acceptors (Lipinski definition) is 2. The molecule has 2 nitrogen and oxygen atoms in total. The maximum atomic E-state index is 4.26. The number of benzene rings is 1. The molecule has 2 rings (SSSR count). The zero-order chi connectivity index (χ0) is 14.4. The van der Waals surface area contributed by atoms with Crippen LogP contribution in [0.15, 0.2) is 24.8 Å². The Balaban J connectivity index is 0.000000861. The van der Waals surface area contributed by atoms with Gasteiger partial charge in [0.05, 0.1) is 0 Å². The topological polar surface area (TPSA) is 15.3 Å². The highest BCUT2D eigenvalue weighted by Gasteiger charge is 2.22. The van der Waals surface area contributed by atoms with Gasteiger partial charge in [0.1, 0.15) is 0 Å². The van der Waals surface area contributed by atoms with Gasteiger partial charge in [-0.3, -0.25) is 0 Å². The predicted molar refractivity (Wildman–Crippen MR) is 85.3 cm³/mol. The van der Waals surface area contributed by atoms with E-state index in [9.17, 15) is 0 Å². The Labute approximate surface area is 118 Å². The SMILES string of the molecule is C=C(c1ccc(C)cc1C)N1CCC(NC)C1.CC. The number of aryl methyl sites for hydroxylation is 2. The summed E-state index contributed by atoms with van der Waals surface area (Å²) in [5, 5.41) is 3.34. The molecule has 1 aliphatic heterocycles. The molecule has 0 radical (unpaired) electrons. The molecule has 1 fully saturated rings. The summed E-state index contributed by atoms with van der Waals surface area (Å²) in [5.41, 5.74) is 5.09. The van der Waals surface area contributed by atoms with E-state index in [0.717, 1.165) is 13.1 Å². The van der Waals surface area contributed by atoms with Crippen LogP contribution in [0.2, 0.25) is 0 Å². The lowest BCUT2D eigenvalue weighted by Crippen LogP contribution is -2.28. The third-order valence-electron chi connectivity index (χ3n) is 3.67. The Morgan fingerprint density at radius 3 is 2.53 bits per heavy atom. The van der Waals surface area contributed by atoms with Crippen molar-refractivity contribution in [3.63, 3.8) is 0 Å². The van der Waals surface area contributed by atoms with Crippen molar-refractivity contribution < 1.29 is 0 Å². The van der Waals surface area contributed by atoms with Crippen molar-refractivity contribution in [2.24, 2.45) is 0 Å². The second-order valence-electron chi connectivity index (χ2n) is 4.99. The lowest BCUT2D eigenvalue weighted by molar-refractivity contribution is 0.471. The molecule has 1 aromatic carbocycles. The zero-order valence-electron chi connectivity index (χ0n) is 13.1. The molecule has 1 N–H and O–H groups in total. The Hall–Kier alpha value is -1.28. The van der Waals surface area contributed by atoms with Crippen molar-refractivity contribution in [3.8, 4) is 0 Å². The molecule has 1 heterocycles. The fraction of sp³-hybridized carbons (Fsp3) is 0.529. The first-order valence-corrected chi connectivity index (χ1v) is 7.30. The van der Waals surface area contributed by atoms with E-state index < -0.39 is 0 Å². The molecule has 19 heavy (non-hydrogen) atoms. The van der Waals surface area contributed by atoms with E-state index in [0.29, 0.717) is 6.04 Å². The first-order valence-electron chi connectivity index (χ1n) is 7.30. The Morgan fingerprint density at radius 1 is 1.32 bits per heavy atom. The van der Waals surface area contributed by atoms with Crippen LogP contribution in [0.3, 0.4) is 0 Å². The molecule has 1 atom stereocenters. The van der Waals surface area contributed by atoms with E-state index >= 15 is 0 Å². The molecular weight excluding hydrogens is 232 g/mol. The highest BCUT2D eigenvalue weighted by Crippen LogP contribution is 2.25. The van der Waals surface area contributed by atoms with Gasteiger partial charge in [-0.05, 0) is 32.9 Å². The van der Waals surface area contributed by atoms with Gasteiger partial charge in [-0.25, -0.2) is 0 Å². The van der Waals surface area contributed by atoms with Crippen LogP contribution in [0.5, 0.6) is 0 Å². The van der Waals surface area contributed by atoms with Crippen LogP contribution in [-0.2, 0) is 0 Å². The highest BCUT2D eigenvalue weighted by molar-refractivity contribution is 5.65. The van der Waals surface area contributed by atoms with E-state index in [4.69, 9.17) is 0 Å². The monoisotopic (exact) mass is 260 g/mol. The van der Waals surface area contributed by atoms with Crippen LogP contribution in [0.4, 0.5) is 0 Å². The average Bonchev–Trinajstić information content (AvgIpc) is 2.89. The summed E-state index contributed by atoms with van der Waals surface area (Å²) in [6.07, 6.45) is 1.21. The van der Waals surface area contributed by atoms with Gasteiger partial charge in [0, 0.05) is 30.4 Å². The third-order valence-corrected chi connectivity index (χ3v) is 3.67. The van der Waals surface area contributed by atoms with Crippen molar-refractivity contribution in [1.82, 2.24) is 10.2 Å². The van der Waals surface area contributed by atoms with Gasteiger partial charge in [-0.2, -0.15) is 0 Å². The molecule has 0 aliphatic carbocycles. The maximum Gasteiger partial charge on any atom is 0.0370 e. The van der Waals surface area contributed by atoms with Gasteiger partial charge in [0.15, 0.2) is 0 Å². The largest absolute Gasteiger partial charge is 0.370 e. The van der Waals surface area contributed by atoms with E-state index in [1.165, 1.54) is 28.8 Å². The molecule has 0 saturated carbocycles. The number of nitrogens with one attached hydrogen (secondary N) is 1. The maximum absolute atomic E-state index is 4.26. The van der Waals surface area contributed by atoms with Crippen molar-refractivity contribution in [1.29, 1.82) is 0 Å². The van der Waals surface area contributed by atoms with Crippen molar-refractivity contribution >= 4 is 5.70 Å². The van der Waals surface area contributed by atoms with Crippen molar-refractivity contribution in [2.45, 2.75) is 40.2 Å². The Morgan fingerprint density at radius 2 is 2.00 bits per heavy atom. The number of nitrogens with zero attached hydrogens (tertiary/aromatic N) is 1. The summed E-state index contributed by atoms with van der Waals surface area (Å²) in [6.45, 7) is 14.7. The summed E-state index contributed by atoms with van der Waals surface area (Å²) in [4.78, 5) is 2.39. The number of likely N-dealkylation sites (tertiary alicyclic amines) is 1. The van der Waals surface area contributed by atoms with Gasteiger partial charge in [-0.15, -0.1) is 0 Å². The van der Waals surface area contributed by atoms with E-state index in [-0.39, 0.29) is 0 Å². The van der Waals surface area contributed by atoms with Crippen LogP contribution >= 0.6 is 0 Å². The van der Waals surface area contributed by atoms with Crippen molar-refractivity contribution in [3.05, 3.63) is 41.5 Å². The van der Waals surface area contributed by atoms with E-state index in [1.807, 2.05) is 20.9 Å². The van der Waals surface area contributed by atoms with Crippen LogP contribution in [0.1, 0.15) is 37.0 Å². The average molecular weight is 260 g/mol. The van der Waals surface area contributed by atoms with Gasteiger partial charge in [0.25, 0.3) is 0 Å². The fourth-order valence-electron chi connectivity index (χ4n) is 2.55. The molecule has 0 aromatic heterocycles. The fourth-order valence-corrected chi connectivity index (χ4v) is 2.55. The number of rotatable bonds is 3. The van der Waals surface area contributed by atoms with Crippen LogP contribution in [0, 0.1) is 13.8 Å². The summed E-state index contributed by atoms with van der Waals surface area (Å²) in [7, 11) is 2.04. The molecule has 0 bridgehead atoms. The molecular formula is C17H28N2. The second-order valence-corrected chi connectivity index (χ2v) is 4.99. The molecule has 0 spiro atoms. The minimum absolute atomic E-state index is 0.609. The van der Waals surface area contributed by atoms with Gasteiger partial charge < -0.3 is 10.2 Å². The molecule has 1 unspecified atom stereocenters. The minimum Gasteiger partial charge on any atom is -0.370 e. The molecule has 1 aromatic rings. The Bertz CT molecular complexity index is 423. The van der Waals surface area contributed by atoms with E-state index in [1.54, 1.807) is 0 Å². The van der Waals surface area contributed by atoms with Gasteiger partial charge >= 0.3 is 0 Å².